The molecule has 0 rings (SSSR count). The van der Waals surface area contributed by atoms with Crippen LogP contribution in [0.25, 0.3) is 0 Å². The van der Waals surface area contributed by atoms with Crippen LogP contribution < -0.4 is 5.73 Å². The maximum absolute atomic E-state index is 12.5. The molecule has 0 saturated heterocycles. The van der Waals surface area contributed by atoms with Gasteiger partial charge in [0.15, 0.2) is 6.10 Å². The molecule has 0 amide bonds. The van der Waals surface area contributed by atoms with E-state index in [2.05, 4.69) is 0 Å². The van der Waals surface area contributed by atoms with Crippen molar-refractivity contribution in [3.63, 3.8) is 0 Å². The van der Waals surface area contributed by atoms with E-state index < -0.39 is 18.3 Å². The Kier molecular flexibility index (Phi) is 6.92. The molecule has 0 aromatic rings. The first kappa shape index (κ1) is 14.7. The Hall–Kier alpha value is -0.290. The number of rotatable bonds is 7. The van der Waals surface area contributed by atoms with E-state index in [1.807, 2.05) is 6.92 Å². The smallest absolute Gasteiger partial charge is 0.367 e. The first-order valence-corrected chi connectivity index (χ1v) is 5.37. The van der Waals surface area contributed by atoms with Crippen LogP contribution in [-0.4, -0.2) is 24.9 Å². The lowest BCUT2D eigenvalue weighted by molar-refractivity contribution is -0.226. The predicted molar refractivity (Wildman–Crippen MR) is 53.6 cm³/mol. The van der Waals surface area contributed by atoms with Crippen LogP contribution in [0.3, 0.4) is 0 Å². The summed E-state index contributed by atoms with van der Waals surface area (Å²) in [5.74, 6) is 0. The maximum atomic E-state index is 12.5. The van der Waals surface area contributed by atoms with Crippen LogP contribution in [-0.2, 0) is 4.74 Å². The summed E-state index contributed by atoms with van der Waals surface area (Å²) in [4.78, 5) is 0. The van der Waals surface area contributed by atoms with E-state index in [4.69, 9.17) is 10.5 Å². The fourth-order valence-electron chi connectivity index (χ4n) is 1.24. The summed E-state index contributed by atoms with van der Waals surface area (Å²) in [6.07, 6.45) is -3.43. The number of nitrogens with two attached hydrogens (primary N) is 1. The molecule has 0 aliphatic rings. The SMILES string of the molecule is CCCCCOC(C(N)CC)C(F)(F)F. The third-order valence-electron chi connectivity index (χ3n) is 2.23. The molecule has 0 radical (unpaired) electrons. The number of alkyl halides is 3. The van der Waals surface area contributed by atoms with Gasteiger partial charge in [-0.15, -0.1) is 0 Å². The highest BCUT2D eigenvalue weighted by Gasteiger charge is 2.43. The second-order valence-electron chi connectivity index (χ2n) is 3.61. The van der Waals surface area contributed by atoms with Gasteiger partial charge < -0.3 is 10.5 Å². The first-order chi connectivity index (χ1) is 6.93. The van der Waals surface area contributed by atoms with Crippen LogP contribution in [0.15, 0.2) is 0 Å². The highest BCUT2D eigenvalue weighted by atomic mass is 19.4. The van der Waals surface area contributed by atoms with Crippen LogP contribution in [0.1, 0.15) is 39.5 Å². The quantitative estimate of drug-likeness (QED) is 0.679. The second kappa shape index (κ2) is 7.06. The molecule has 0 spiro atoms. The largest absolute Gasteiger partial charge is 0.416 e. The Morgan fingerprint density at radius 1 is 1.20 bits per heavy atom. The zero-order chi connectivity index (χ0) is 11.9. The molecule has 2 unspecified atom stereocenters. The lowest BCUT2D eigenvalue weighted by Gasteiger charge is -2.25. The Morgan fingerprint density at radius 2 is 1.80 bits per heavy atom. The van der Waals surface area contributed by atoms with Crippen molar-refractivity contribution < 1.29 is 17.9 Å². The zero-order valence-corrected chi connectivity index (χ0v) is 9.31. The standard InChI is InChI=1S/C10H20F3NO/c1-3-5-6-7-15-9(8(14)4-2)10(11,12)13/h8-9H,3-7,14H2,1-2H3. The van der Waals surface area contributed by atoms with Gasteiger partial charge in [0.1, 0.15) is 0 Å². The number of hydrogen-bond donors (Lipinski definition) is 1. The van der Waals surface area contributed by atoms with Crippen molar-refractivity contribution in [1.82, 2.24) is 0 Å². The van der Waals surface area contributed by atoms with Gasteiger partial charge >= 0.3 is 6.18 Å². The van der Waals surface area contributed by atoms with Gasteiger partial charge in [-0.3, -0.25) is 0 Å². The molecule has 2 atom stereocenters. The fourth-order valence-corrected chi connectivity index (χ4v) is 1.24. The predicted octanol–water partition coefficient (Wildman–Crippen LogP) is 2.86. The van der Waals surface area contributed by atoms with Gasteiger partial charge in [0.2, 0.25) is 0 Å². The summed E-state index contributed by atoms with van der Waals surface area (Å²) >= 11 is 0. The van der Waals surface area contributed by atoms with Crippen LogP contribution in [0.4, 0.5) is 13.2 Å². The molecule has 0 aromatic carbocycles. The van der Waals surface area contributed by atoms with Crippen molar-refractivity contribution in [1.29, 1.82) is 0 Å². The van der Waals surface area contributed by atoms with Gasteiger partial charge in [-0.25, -0.2) is 0 Å². The van der Waals surface area contributed by atoms with Crippen LogP contribution >= 0.6 is 0 Å². The summed E-state index contributed by atoms with van der Waals surface area (Å²) in [6, 6.07) is -0.966. The van der Waals surface area contributed by atoms with E-state index in [1.165, 1.54) is 0 Å². The Balaban J connectivity index is 4.03. The minimum Gasteiger partial charge on any atom is -0.367 e. The van der Waals surface area contributed by atoms with Crippen molar-refractivity contribution in [2.75, 3.05) is 6.61 Å². The summed E-state index contributed by atoms with van der Waals surface area (Å²) in [5.41, 5.74) is 5.37. The number of unbranched alkanes of at least 4 members (excludes halogenated alkanes) is 2. The van der Waals surface area contributed by atoms with E-state index in [1.54, 1.807) is 6.92 Å². The third-order valence-corrected chi connectivity index (χ3v) is 2.23. The molecule has 2 N–H and O–H groups in total. The molecule has 2 nitrogen and oxygen atoms in total. The van der Waals surface area contributed by atoms with Crippen molar-refractivity contribution in [3.8, 4) is 0 Å². The molecule has 92 valence electrons. The minimum absolute atomic E-state index is 0.131. The van der Waals surface area contributed by atoms with Crippen LogP contribution in [0.5, 0.6) is 0 Å². The summed E-state index contributed by atoms with van der Waals surface area (Å²) < 4.78 is 42.2. The number of ether oxygens (including phenoxy) is 1. The maximum Gasteiger partial charge on any atom is 0.416 e. The lowest BCUT2D eigenvalue weighted by Crippen LogP contribution is -2.46. The van der Waals surface area contributed by atoms with Gasteiger partial charge in [0.25, 0.3) is 0 Å². The summed E-state index contributed by atoms with van der Waals surface area (Å²) in [5, 5.41) is 0. The zero-order valence-electron chi connectivity index (χ0n) is 9.31. The second-order valence-corrected chi connectivity index (χ2v) is 3.61. The lowest BCUT2D eigenvalue weighted by atomic mass is 10.1. The molecule has 0 heterocycles. The van der Waals surface area contributed by atoms with E-state index >= 15 is 0 Å². The van der Waals surface area contributed by atoms with Crippen molar-refractivity contribution in [2.24, 2.45) is 5.73 Å². The Morgan fingerprint density at radius 3 is 2.20 bits per heavy atom. The minimum atomic E-state index is -4.36. The van der Waals surface area contributed by atoms with Gasteiger partial charge in [0, 0.05) is 12.6 Å². The van der Waals surface area contributed by atoms with E-state index in [9.17, 15) is 13.2 Å². The van der Waals surface area contributed by atoms with E-state index in [0.29, 0.717) is 6.42 Å². The molecular weight excluding hydrogens is 207 g/mol. The third kappa shape index (κ3) is 5.99. The molecule has 0 bridgehead atoms. The van der Waals surface area contributed by atoms with Crippen LogP contribution in [0, 0.1) is 0 Å². The molecule has 0 aromatic heterocycles. The highest BCUT2D eigenvalue weighted by molar-refractivity contribution is 4.79. The van der Waals surface area contributed by atoms with Gasteiger partial charge in [-0.2, -0.15) is 13.2 Å². The molecule has 0 saturated carbocycles. The van der Waals surface area contributed by atoms with Crippen molar-refractivity contribution in [2.45, 2.75) is 57.9 Å². The van der Waals surface area contributed by atoms with E-state index in [-0.39, 0.29) is 13.0 Å². The average molecular weight is 227 g/mol. The average Bonchev–Trinajstić information content (AvgIpc) is 2.15. The van der Waals surface area contributed by atoms with Crippen molar-refractivity contribution in [3.05, 3.63) is 0 Å². The Labute approximate surface area is 89.0 Å². The topological polar surface area (TPSA) is 35.2 Å². The molecule has 0 aliphatic carbocycles. The molecule has 5 heteroatoms. The molecular formula is C10H20F3NO. The van der Waals surface area contributed by atoms with E-state index in [0.717, 1.165) is 12.8 Å². The van der Waals surface area contributed by atoms with Gasteiger partial charge in [-0.05, 0) is 12.8 Å². The molecule has 0 fully saturated rings. The summed E-state index contributed by atoms with van der Waals surface area (Å²) in [7, 11) is 0. The summed E-state index contributed by atoms with van der Waals surface area (Å²) in [6.45, 7) is 3.74. The van der Waals surface area contributed by atoms with Gasteiger partial charge in [-0.1, -0.05) is 26.7 Å². The number of hydrogen-bond acceptors (Lipinski definition) is 2. The highest BCUT2D eigenvalue weighted by Crippen LogP contribution is 2.26. The van der Waals surface area contributed by atoms with Crippen LogP contribution in [0.2, 0.25) is 0 Å². The molecule has 15 heavy (non-hydrogen) atoms. The normalized spacial score (nSPS) is 16.4. The van der Waals surface area contributed by atoms with Crippen molar-refractivity contribution >= 4 is 0 Å². The fraction of sp³-hybridized carbons (Fsp3) is 1.00. The molecule has 0 aliphatic heterocycles. The monoisotopic (exact) mass is 227 g/mol. The Bertz CT molecular complexity index is 161. The van der Waals surface area contributed by atoms with Gasteiger partial charge in [0.05, 0.1) is 0 Å². The first-order valence-electron chi connectivity index (χ1n) is 5.37. The number of halogens is 3.